The van der Waals surface area contributed by atoms with E-state index in [-0.39, 0.29) is 17.9 Å². The van der Waals surface area contributed by atoms with Gasteiger partial charge in [-0.05, 0) is 56.7 Å². The molecule has 150 valence electrons. The van der Waals surface area contributed by atoms with Gasteiger partial charge in [-0.2, -0.15) is 0 Å². The van der Waals surface area contributed by atoms with Crippen molar-refractivity contribution in [3.63, 3.8) is 0 Å². The number of carbonyl (C=O) groups is 1. The predicted molar refractivity (Wildman–Crippen MR) is 113 cm³/mol. The minimum atomic E-state index is -0.205. The minimum absolute atomic E-state index is 0.115. The summed E-state index contributed by atoms with van der Waals surface area (Å²) in [5.74, 6) is 2.84. The van der Waals surface area contributed by atoms with Gasteiger partial charge in [-0.1, -0.05) is 48.7 Å². The van der Waals surface area contributed by atoms with Gasteiger partial charge in [0.2, 0.25) is 5.91 Å². The van der Waals surface area contributed by atoms with E-state index in [0.717, 1.165) is 41.2 Å². The molecule has 2 fully saturated rings. The maximum Gasteiger partial charge on any atom is 0.223 e. The SMILES string of the molecule is C[C@H](NC(=O)C1CC1)c1nnc(SCC2CCCCC2)n1-c1cccc(Cl)c1. The summed E-state index contributed by atoms with van der Waals surface area (Å²) < 4.78 is 2.05. The highest BCUT2D eigenvalue weighted by Gasteiger charge is 2.31. The number of rotatable bonds is 7. The lowest BCUT2D eigenvalue weighted by Crippen LogP contribution is -2.29. The molecule has 1 amide bonds. The van der Waals surface area contributed by atoms with Crippen molar-refractivity contribution in [2.24, 2.45) is 11.8 Å². The minimum Gasteiger partial charge on any atom is -0.346 e. The highest BCUT2D eigenvalue weighted by Crippen LogP contribution is 2.33. The molecular formula is C21H27ClN4OS. The van der Waals surface area contributed by atoms with Crippen LogP contribution in [0.3, 0.4) is 0 Å². The van der Waals surface area contributed by atoms with Gasteiger partial charge in [0.1, 0.15) is 0 Å². The molecule has 2 aromatic rings. The van der Waals surface area contributed by atoms with Crippen molar-refractivity contribution in [1.82, 2.24) is 20.1 Å². The van der Waals surface area contributed by atoms with Crippen LogP contribution in [0.25, 0.3) is 5.69 Å². The van der Waals surface area contributed by atoms with Gasteiger partial charge in [0.15, 0.2) is 11.0 Å². The summed E-state index contributed by atoms with van der Waals surface area (Å²) >= 11 is 8.01. The van der Waals surface area contributed by atoms with E-state index < -0.39 is 0 Å². The second kappa shape index (κ2) is 8.87. The first-order chi connectivity index (χ1) is 13.6. The first kappa shape index (κ1) is 19.8. The largest absolute Gasteiger partial charge is 0.346 e. The van der Waals surface area contributed by atoms with Crippen molar-refractivity contribution in [3.8, 4) is 5.69 Å². The lowest BCUT2D eigenvalue weighted by Gasteiger charge is -2.21. The zero-order valence-corrected chi connectivity index (χ0v) is 17.8. The molecule has 1 heterocycles. The molecule has 0 aliphatic heterocycles. The molecule has 28 heavy (non-hydrogen) atoms. The van der Waals surface area contributed by atoms with Crippen molar-refractivity contribution in [3.05, 3.63) is 35.1 Å². The molecule has 1 aromatic carbocycles. The Hall–Kier alpha value is -1.53. The van der Waals surface area contributed by atoms with Gasteiger partial charge in [0.05, 0.1) is 11.7 Å². The van der Waals surface area contributed by atoms with Crippen LogP contribution in [0.2, 0.25) is 5.02 Å². The Kier molecular flexibility index (Phi) is 6.26. The van der Waals surface area contributed by atoms with Crippen LogP contribution in [-0.2, 0) is 4.79 Å². The zero-order chi connectivity index (χ0) is 19.5. The molecule has 1 aromatic heterocycles. The molecule has 2 aliphatic rings. The van der Waals surface area contributed by atoms with Gasteiger partial charge in [-0.25, -0.2) is 0 Å². The monoisotopic (exact) mass is 418 g/mol. The molecule has 1 atom stereocenters. The molecule has 0 unspecified atom stereocenters. The fraction of sp³-hybridized carbons (Fsp3) is 0.571. The smallest absolute Gasteiger partial charge is 0.223 e. The third-order valence-electron chi connectivity index (χ3n) is 5.59. The third-order valence-corrected chi connectivity index (χ3v) is 6.99. The quantitative estimate of drug-likeness (QED) is 0.629. The Balaban J connectivity index is 1.57. The Morgan fingerprint density at radius 3 is 2.75 bits per heavy atom. The lowest BCUT2D eigenvalue weighted by molar-refractivity contribution is -0.123. The van der Waals surface area contributed by atoms with Gasteiger partial charge in [0.25, 0.3) is 0 Å². The highest BCUT2D eigenvalue weighted by atomic mass is 35.5. The van der Waals surface area contributed by atoms with E-state index >= 15 is 0 Å². The van der Waals surface area contributed by atoms with Gasteiger partial charge in [-0.3, -0.25) is 9.36 Å². The fourth-order valence-electron chi connectivity index (χ4n) is 3.80. The van der Waals surface area contributed by atoms with E-state index in [1.807, 2.05) is 31.2 Å². The second-order valence-corrected chi connectivity index (χ2v) is 9.40. The van der Waals surface area contributed by atoms with Crippen molar-refractivity contribution in [2.45, 2.75) is 63.1 Å². The molecule has 2 aliphatic carbocycles. The van der Waals surface area contributed by atoms with Crippen LogP contribution in [0.4, 0.5) is 0 Å². The average Bonchev–Trinajstić information content (AvgIpc) is 3.46. The number of aromatic nitrogens is 3. The number of benzene rings is 1. The van der Waals surface area contributed by atoms with Gasteiger partial charge in [-0.15, -0.1) is 10.2 Å². The van der Waals surface area contributed by atoms with E-state index in [1.54, 1.807) is 11.8 Å². The van der Waals surface area contributed by atoms with Crippen molar-refractivity contribution < 1.29 is 4.79 Å². The van der Waals surface area contributed by atoms with Crippen molar-refractivity contribution in [1.29, 1.82) is 0 Å². The van der Waals surface area contributed by atoms with E-state index in [0.29, 0.717) is 5.02 Å². The number of hydrogen-bond acceptors (Lipinski definition) is 4. The Labute approximate surface area is 175 Å². The first-order valence-electron chi connectivity index (χ1n) is 10.3. The van der Waals surface area contributed by atoms with Crippen LogP contribution in [0, 0.1) is 11.8 Å². The molecule has 7 heteroatoms. The van der Waals surface area contributed by atoms with Crippen LogP contribution in [0.1, 0.15) is 63.7 Å². The van der Waals surface area contributed by atoms with Gasteiger partial charge < -0.3 is 5.32 Å². The van der Waals surface area contributed by atoms with E-state index in [2.05, 4.69) is 20.1 Å². The summed E-state index contributed by atoms with van der Waals surface area (Å²) in [4.78, 5) is 12.2. The van der Waals surface area contributed by atoms with Crippen molar-refractivity contribution >= 4 is 29.3 Å². The number of nitrogens with one attached hydrogen (secondary N) is 1. The molecular weight excluding hydrogens is 392 g/mol. The highest BCUT2D eigenvalue weighted by molar-refractivity contribution is 7.99. The number of thioether (sulfide) groups is 1. The summed E-state index contributed by atoms with van der Waals surface area (Å²) in [6.07, 6.45) is 8.62. The Bertz CT molecular complexity index is 830. The summed E-state index contributed by atoms with van der Waals surface area (Å²) in [7, 11) is 0. The molecule has 1 N–H and O–H groups in total. The van der Waals surface area contributed by atoms with E-state index in [9.17, 15) is 4.79 Å². The van der Waals surface area contributed by atoms with Crippen LogP contribution in [0.5, 0.6) is 0 Å². The molecule has 2 saturated carbocycles. The second-order valence-electron chi connectivity index (χ2n) is 7.98. The first-order valence-corrected chi connectivity index (χ1v) is 11.6. The van der Waals surface area contributed by atoms with Crippen molar-refractivity contribution in [2.75, 3.05) is 5.75 Å². The topological polar surface area (TPSA) is 59.8 Å². The molecule has 0 radical (unpaired) electrons. The van der Waals surface area contributed by atoms with Gasteiger partial charge >= 0.3 is 0 Å². The van der Waals surface area contributed by atoms with Gasteiger partial charge in [0, 0.05) is 16.7 Å². The Morgan fingerprint density at radius 1 is 1.25 bits per heavy atom. The maximum atomic E-state index is 12.2. The summed E-state index contributed by atoms with van der Waals surface area (Å²) in [6, 6.07) is 7.53. The number of amides is 1. The molecule has 0 spiro atoms. The zero-order valence-electron chi connectivity index (χ0n) is 16.2. The Morgan fingerprint density at radius 2 is 2.04 bits per heavy atom. The van der Waals surface area contributed by atoms with Crippen LogP contribution in [-0.4, -0.2) is 26.4 Å². The number of hydrogen-bond donors (Lipinski definition) is 1. The molecule has 0 bridgehead atoms. The summed E-state index contributed by atoms with van der Waals surface area (Å²) in [5, 5.41) is 13.6. The molecule has 0 saturated heterocycles. The third kappa shape index (κ3) is 4.71. The predicted octanol–water partition coefficient (Wildman–Crippen LogP) is 5.18. The summed E-state index contributed by atoms with van der Waals surface area (Å²) in [6.45, 7) is 1.97. The lowest BCUT2D eigenvalue weighted by atomic mass is 9.91. The number of halogens is 1. The van der Waals surface area contributed by atoms with E-state index in [4.69, 9.17) is 11.6 Å². The fourth-order valence-corrected chi connectivity index (χ4v) is 5.13. The van der Waals surface area contributed by atoms with E-state index in [1.165, 1.54) is 32.1 Å². The standard InChI is InChI=1S/C21H27ClN4OS/c1-14(23-20(27)16-10-11-16)19-24-25-21(28-13-15-6-3-2-4-7-15)26(19)18-9-5-8-17(22)12-18/h5,8-9,12,14-16H,2-4,6-7,10-11,13H2,1H3,(H,23,27)/t14-/m0/s1. The summed E-state index contributed by atoms with van der Waals surface area (Å²) in [5.41, 5.74) is 0.936. The average molecular weight is 419 g/mol. The maximum absolute atomic E-state index is 12.2. The van der Waals surface area contributed by atoms with Crippen LogP contribution >= 0.6 is 23.4 Å². The van der Waals surface area contributed by atoms with Crippen LogP contribution in [0.15, 0.2) is 29.4 Å². The molecule has 4 rings (SSSR count). The number of nitrogens with zero attached hydrogens (tertiary/aromatic N) is 3. The normalized spacial score (nSPS) is 18.8. The molecule has 5 nitrogen and oxygen atoms in total. The number of carbonyl (C=O) groups excluding carboxylic acids is 1. The van der Waals surface area contributed by atoms with Crippen LogP contribution < -0.4 is 5.32 Å².